The van der Waals surface area contributed by atoms with Gasteiger partial charge in [0.15, 0.2) is 0 Å². The highest BCUT2D eigenvalue weighted by Crippen LogP contribution is 2.52. The van der Waals surface area contributed by atoms with E-state index < -0.39 is 5.60 Å². The van der Waals surface area contributed by atoms with Crippen molar-refractivity contribution in [2.24, 2.45) is 11.8 Å². The zero-order chi connectivity index (χ0) is 13.6. The van der Waals surface area contributed by atoms with Crippen LogP contribution in [0, 0.1) is 11.8 Å². The number of benzene rings is 1. The van der Waals surface area contributed by atoms with Gasteiger partial charge in [-0.1, -0.05) is 30.3 Å². The summed E-state index contributed by atoms with van der Waals surface area (Å²) in [5, 5.41) is 14.1. The van der Waals surface area contributed by atoms with Gasteiger partial charge in [0.1, 0.15) is 0 Å². The second-order valence-electron chi connectivity index (χ2n) is 6.35. The maximum absolute atomic E-state index is 10.9. The van der Waals surface area contributed by atoms with Crippen LogP contribution in [0.3, 0.4) is 0 Å². The molecule has 3 unspecified atom stereocenters. The molecular weight excluding hydrogens is 266 g/mol. The number of thiazole rings is 1. The quantitative estimate of drug-likeness (QED) is 0.927. The van der Waals surface area contributed by atoms with Crippen LogP contribution >= 0.6 is 11.3 Å². The van der Waals surface area contributed by atoms with E-state index in [-0.39, 0.29) is 0 Å². The average Bonchev–Trinajstić information content (AvgIpc) is 3.15. The van der Waals surface area contributed by atoms with E-state index in [0.29, 0.717) is 5.92 Å². The lowest BCUT2D eigenvalue weighted by atomic mass is 9.82. The molecule has 2 fully saturated rings. The molecule has 1 heterocycles. The lowest BCUT2D eigenvalue weighted by Gasteiger charge is -2.31. The summed E-state index contributed by atoms with van der Waals surface area (Å²) in [5.74, 6) is 1.27. The highest BCUT2D eigenvalue weighted by molar-refractivity contribution is 7.09. The molecule has 3 heteroatoms. The molecule has 2 aromatic rings. The fourth-order valence-electron chi connectivity index (χ4n) is 4.03. The van der Waals surface area contributed by atoms with Crippen LogP contribution in [0.15, 0.2) is 35.7 Å². The third-order valence-electron chi connectivity index (χ3n) is 5.02. The fourth-order valence-corrected chi connectivity index (χ4v) is 4.95. The lowest BCUT2D eigenvalue weighted by Crippen LogP contribution is -2.37. The van der Waals surface area contributed by atoms with Crippen LogP contribution in [0.4, 0.5) is 0 Å². The molecule has 104 valence electrons. The first-order valence-corrected chi connectivity index (χ1v) is 8.33. The Balaban J connectivity index is 1.55. The van der Waals surface area contributed by atoms with Crippen LogP contribution in [0.1, 0.15) is 30.7 Å². The molecule has 0 aliphatic heterocycles. The van der Waals surface area contributed by atoms with E-state index in [1.54, 1.807) is 11.3 Å². The Bertz CT molecular complexity index is 608. The largest absolute Gasteiger partial charge is 0.389 e. The minimum atomic E-state index is -0.477. The van der Waals surface area contributed by atoms with Crippen molar-refractivity contribution in [1.82, 2.24) is 4.98 Å². The van der Waals surface area contributed by atoms with E-state index in [1.165, 1.54) is 19.3 Å². The average molecular weight is 285 g/mol. The molecule has 20 heavy (non-hydrogen) atoms. The van der Waals surface area contributed by atoms with Gasteiger partial charge in [0.05, 0.1) is 16.3 Å². The topological polar surface area (TPSA) is 33.1 Å². The molecule has 4 rings (SSSR count). The van der Waals surface area contributed by atoms with Gasteiger partial charge in [-0.2, -0.15) is 0 Å². The van der Waals surface area contributed by atoms with E-state index in [4.69, 9.17) is 4.98 Å². The molecule has 1 aromatic heterocycles. The highest BCUT2D eigenvalue weighted by Gasteiger charge is 2.50. The van der Waals surface area contributed by atoms with Gasteiger partial charge in [0, 0.05) is 17.4 Å². The van der Waals surface area contributed by atoms with Crippen LogP contribution in [0.2, 0.25) is 0 Å². The highest BCUT2D eigenvalue weighted by atomic mass is 32.1. The van der Waals surface area contributed by atoms with Crippen molar-refractivity contribution in [2.45, 2.75) is 37.7 Å². The SMILES string of the molecule is OC1(Cc2nc(-c3ccccc3)cs2)CC2CCC1C2. The van der Waals surface area contributed by atoms with Gasteiger partial charge >= 0.3 is 0 Å². The zero-order valence-corrected chi connectivity index (χ0v) is 12.3. The Morgan fingerprint density at radius 2 is 2.10 bits per heavy atom. The van der Waals surface area contributed by atoms with Crippen molar-refractivity contribution in [2.75, 3.05) is 0 Å². The van der Waals surface area contributed by atoms with E-state index in [1.807, 2.05) is 18.2 Å². The number of aliphatic hydroxyl groups is 1. The molecule has 1 aromatic carbocycles. The van der Waals surface area contributed by atoms with Gasteiger partial charge in [-0.25, -0.2) is 4.98 Å². The van der Waals surface area contributed by atoms with E-state index >= 15 is 0 Å². The molecule has 2 aliphatic carbocycles. The summed E-state index contributed by atoms with van der Waals surface area (Å²) < 4.78 is 0. The Kier molecular flexibility index (Phi) is 2.93. The molecular formula is C17H19NOS. The van der Waals surface area contributed by atoms with Gasteiger partial charge in [-0.3, -0.25) is 0 Å². The molecule has 0 radical (unpaired) electrons. The number of hydrogen-bond acceptors (Lipinski definition) is 3. The van der Waals surface area contributed by atoms with Crippen molar-refractivity contribution in [3.8, 4) is 11.3 Å². The summed E-state index contributed by atoms with van der Waals surface area (Å²) in [6.45, 7) is 0. The van der Waals surface area contributed by atoms with Gasteiger partial charge in [-0.05, 0) is 37.5 Å². The van der Waals surface area contributed by atoms with Gasteiger partial charge < -0.3 is 5.11 Å². The molecule has 2 nitrogen and oxygen atoms in total. The van der Waals surface area contributed by atoms with Crippen molar-refractivity contribution in [3.63, 3.8) is 0 Å². The van der Waals surface area contributed by atoms with Gasteiger partial charge in [0.25, 0.3) is 0 Å². The van der Waals surface area contributed by atoms with Crippen LogP contribution in [-0.2, 0) is 6.42 Å². The fraction of sp³-hybridized carbons (Fsp3) is 0.471. The predicted octanol–water partition coefficient (Wildman–Crippen LogP) is 3.90. The second kappa shape index (κ2) is 4.68. The molecule has 0 saturated heterocycles. The number of rotatable bonds is 3. The molecule has 2 aliphatic rings. The minimum Gasteiger partial charge on any atom is -0.389 e. The predicted molar refractivity (Wildman–Crippen MR) is 81.7 cm³/mol. The van der Waals surface area contributed by atoms with Crippen LogP contribution < -0.4 is 0 Å². The van der Waals surface area contributed by atoms with Crippen LogP contribution in [0.25, 0.3) is 11.3 Å². The first-order valence-electron chi connectivity index (χ1n) is 7.45. The minimum absolute atomic E-state index is 0.477. The van der Waals surface area contributed by atoms with E-state index in [9.17, 15) is 5.11 Å². The maximum Gasteiger partial charge on any atom is 0.0961 e. The summed E-state index contributed by atoms with van der Waals surface area (Å²) in [7, 11) is 0. The van der Waals surface area contributed by atoms with Crippen LogP contribution in [-0.4, -0.2) is 15.7 Å². The smallest absolute Gasteiger partial charge is 0.0961 e. The summed E-state index contributed by atoms with van der Waals surface area (Å²) in [6.07, 6.45) is 5.48. The van der Waals surface area contributed by atoms with Crippen LogP contribution in [0.5, 0.6) is 0 Å². The molecule has 2 bridgehead atoms. The second-order valence-corrected chi connectivity index (χ2v) is 7.30. The third-order valence-corrected chi connectivity index (χ3v) is 5.87. The Labute approximate surface area is 123 Å². The van der Waals surface area contributed by atoms with Crippen molar-refractivity contribution in [1.29, 1.82) is 0 Å². The van der Waals surface area contributed by atoms with Crippen molar-refractivity contribution >= 4 is 11.3 Å². The number of hydrogen-bond donors (Lipinski definition) is 1. The van der Waals surface area contributed by atoms with Crippen molar-refractivity contribution < 1.29 is 5.11 Å². The number of nitrogens with zero attached hydrogens (tertiary/aromatic N) is 1. The first kappa shape index (κ1) is 12.5. The molecule has 1 N–H and O–H groups in total. The summed E-state index contributed by atoms with van der Waals surface area (Å²) in [5.41, 5.74) is 1.72. The zero-order valence-electron chi connectivity index (χ0n) is 11.5. The van der Waals surface area contributed by atoms with Gasteiger partial charge in [-0.15, -0.1) is 11.3 Å². The summed E-state index contributed by atoms with van der Waals surface area (Å²) in [6, 6.07) is 10.3. The first-order chi connectivity index (χ1) is 9.73. The Morgan fingerprint density at radius 1 is 1.25 bits per heavy atom. The monoisotopic (exact) mass is 285 g/mol. The maximum atomic E-state index is 10.9. The molecule has 2 saturated carbocycles. The number of fused-ring (bicyclic) bond motifs is 2. The molecule has 3 atom stereocenters. The van der Waals surface area contributed by atoms with E-state index in [0.717, 1.165) is 35.0 Å². The Morgan fingerprint density at radius 3 is 2.80 bits per heavy atom. The summed E-state index contributed by atoms with van der Waals surface area (Å²) >= 11 is 1.69. The standard InChI is InChI=1S/C17H19NOS/c19-17(9-12-6-7-14(17)8-12)10-16-18-15(11-20-16)13-4-2-1-3-5-13/h1-5,11-12,14,19H,6-10H2. The number of aromatic nitrogens is 1. The van der Waals surface area contributed by atoms with Crippen molar-refractivity contribution in [3.05, 3.63) is 40.7 Å². The van der Waals surface area contributed by atoms with E-state index in [2.05, 4.69) is 17.5 Å². The molecule has 0 spiro atoms. The molecule has 0 amide bonds. The Hall–Kier alpha value is -1.19. The normalized spacial score (nSPS) is 31.9. The summed E-state index contributed by atoms with van der Waals surface area (Å²) in [4.78, 5) is 4.73. The lowest BCUT2D eigenvalue weighted by molar-refractivity contribution is -0.0125. The third kappa shape index (κ3) is 2.09. The van der Waals surface area contributed by atoms with Gasteiger partial charge in [0.2, 0.25) is 0 Å².